The minimum Gasteiger partial charge on any atom is -0.490 e. The first-order chi connectivity index (χ1) is 7.63. The average Bonchev–Trinajstić information content (AvgIpc) is 2.52. The topological polar surface area (TPSA) is 55.4 Å². The number of hydrogen-bond acceptors (Lipinski definition) is 3. The molecule has 1 aromatic carbocycles. The van der Waals surface area contributed by atoms with Gasteiger partial charge in [0.1, 0.15) is 0 Å². The van der Waals surface area contributed by atoms with Gasteiger partial charge in [-0.2, -0.15) is 0 Å². The molecule has 4 nitrogen and oxygen atoms in total. The van der Waals surface area contributed by atoms with Crippen molar-refractivity contribution >= 4 is 29.0 Å². The fourth-order valence-electron chi connectivity index (χ4n) is 1.54. The van der Waals surface area contributed by atoms with Crippen molar-refractivity contribution in [2.45, 2.75) is 0 Å². The average molecular weight is 238 g/mol. The number of imide groups is 1. The summed E-state index contributed by atoms with van der Waals surface area (Å²) in [6.07, 6.45) is 0. The Bertz CT molecular complexity index is 508. The van der Waals surface area contributed by atoms with Gasteiger partial charge in [0, 0.05) is 5.02 Å². The van der Waals surface area contributed by atoms with Crippen LogP contribution in [0.4, 0.5) is 0 Å². The highest BCUT2D eigenvalue weighted by atomic mass is 35.5. The third-order valence-corrected chi connectivity index (χ3v) is 2.44. The molecule has 0 aromatic heterocycles. The van der Waals surface area contributed by atoms with E-state index in [2.05, 4.69) is 5.32 Å². The number of methoxy groups -OCH3 is 1. The smallest absolute Gasteiger partial charge is 0.294 e. The number of hydrogen-bond donors (Lipinski definition) is 1. The van der Waals surface area contributed by atoms with Gasteiger partial charge >= 0.3 is 0 Å². The molecule has 2 amide bonds. The van der Waals surface area contributed by atoms with Gasteiger partial charge in [-0.3, -0.25) is 14.9 Å². The predicted octanol–water partition coefficient (Wildman–Crippen LogP) is 1.35. The molecule has 16 heavy (non-hydrogen) atoms. The molecular formula is C11H8ClNO3. The van der Waals surface area contributed by atoms with Crippen LogP contribution in [0.5, 0.6) is 0 Å². The summed E-state index contributed by atoms with van der Waals surface area (Å²) < 4.78 is 4.90. The van der Waals surface area contributed by atoms with Crippen LogP contribution in [-0.4, -0.2) is 18.9 Å². The molecule has 0 bridgehead atoms. The predicted molar refractivity (Wildman–Crippen MR) is 58.5 cm³/mol. The second-order valence-corrected chi connectivity index (χ2v) is 3.64. The summed E-state index contributed by atoms with van der Waals surface area (Å²) in [7, 11) is 1.35. The monoisotopic (exact) mass is 237 g/mol. The Balaban J connectivity index is 2.57. The van der Waals surface area contributed by atoms with E-state index in [-0.39, 0.29) is 11.3 Å². The second-order valence-electron chi connectivity index (χ2n) is 3.20. The summed E-state index contributed by atoms with van der Waals surface area (Å²) in [5, 5.41) is 2.66. The third-order valence-electron chi connectivity index (χ3n) is 2.20. The number of nitrogens with one attached hydrogen (secondary N) is 1. The first kappa shape index (κ1) is 10.7. The number of rotatable bonds is 2. The summed E-state index contributed by atoms with van der Waals surface area (Å²) in [4.78, 5) is 22.9. The molecule has 2 rings (SSSR count). The molecule has 0 saturated carbocycles. The molecule has 0 saturated heterocycles. The van der Waals surface area contributed by atoms with Gasteiger partial charge in [0.25, 0.3) is 11.8 Å². The molecule has 5 heteroatoms. The summed E-state index contributed by atoms with van der Waals surface area (Å²) in [5.74, 6) is -0.973. The minimum atomic E-state index is -0.525. The van der Waals surface area contributed by atoms with Gasteiger partial charge in [-0.15, -0.1) is 0 Å². The summed E-state index contributed by atoms with van der Waals surface area (Å²) in [6, 6.07) is 6.69. The molecule has 0 aliphatic carbocycles. The second kappa shape index (κ2) is 3.98. The molecule has 0 unspecified atom stereocenters. The summed E-state index contributed by atoms with van der Waals surface area (Å²) in [6.45, 7) is 0. The number of carbonyl (C=O) groups excluding carboxylic acids is 2. The van der Waals surface area contributed by atoms with E-state index in [9.17, 15) is 9.59 Å². The quantitative estimate of drug-likeness (QED) is 0.790. The minimum absolute atomic E-state index is 0.0206. The molecule has 1 N–H and O–H groups in total. The van der Waals surface area contributed by atoms with E-state index in [0.717, 1.165) is 0 Å². The number of amides is 2. The van der Waals surface area contributed by atoms with Gasteiger partial charge in [0.05, 0.1) is 12.7 Å². The van der Waals surface area contributed by atoms with Crippen LogP contribution in [0.3, 0.4) is 0 Å². The Morgan fingerprint density at radius 1 is 1.25 bits per heavy atom. The maximum Gasteiger partial charge on any atom is 0.294 e. The van der Waals surface area contributed by atoms with Crippen LogP contribution in [-0.2, 0) is 14.3 Å². The van der Waals surface area contributed by atoms with Crippen LogP contribution in [0.2, 0.25) is 5.02 Å². The van der Waals surface area contributed by atoms with Crippen molar-refractivity contribution in [2.75, 3.05) is 7.11 Å². The Morgan fingerprint density at radius 3 is 2.62 bits per heavy atom. The van der Waals surface area contributed by atoms with Crippen molar-refractivity contribution in [1.82, 2.24) is 5.32 Å². The van der Waals surface area contributed by atoms with Gasteiger partial charge in [0.2, 0.25) is 0 Å². The van der Waals surface area contributed by atoms with Crippen LogP contribution >= 0.6 is 11.6 Å². The maximum absolute atomic E-state index is 11.6. The molecule has 82 valence electrons. The van der Waals surface area contributed by atoms with Crippen molar-refractivity contribution in [1.29, 1.82) is 0 Å². The van der Waals surface area contributed by atoms with Crippen LogP contribution < -0.4 is 5.32 Å². The number of benzene rings is 1. The van der Waals surface area contributed by atoms with E-state index < -0.39 is 11.8 Å². The number of halogens is 1. The van der Waals surface area contributed by atoms with Gasteiger partial charge in [-0.1, -0.05) is 23.7 Å². The van der Waals surface area contributed by atoms with E-state index in [1.807, 2.05) is 0 Å². The van der Waals surface area contributed by atoms with Crippen molar-refractivity contribution in [3.05, 3.63) is 40.6 Å². The van der Waals surface area contributed by atoms with E-state index >= 15 is 0 Å². The van der Waals surface area contributed by atoms with E-state index in [4.69, 9.17) is 16.3 Å². The molecule has 0 fully saturated rings. The van der Waals surface area contributed by atoms with Gasteiger partial charge in [-0.05, 0) is 17.7 Å². The zero-order chi connectivity index (χ0) is 11.7. The standard InChI is InChI=1S/C11H8ClNO3/c1-16-9-8(10(14)13-11(9)15)6-3-2-4-7(12)5-6/h2-5H,1H3,(H,13,14,15). The van der Waals surface area contributed by atoms with E-state index in [0.29, 0.717) is 10.6 Å². The molecule has 0 spiro atoms. The molecule has 0 atom stereocenters. The molecule has 1 aliphatic heterocycles. The molecule has 0 radical (unpaired) electrons. The molecule has 1 aliphatic rings. The van der Waals surface area contributed by atoms with E-state index in [1.165, 1.54) is 7.11 Å². The fourth-order valence-corrected chi connectivity index (χ4v) is 1.73. The Morgan fingerprint density at radius 2 is 2.00 bits per heavy atom. The highest BCUT2D eigenvalue weighted by Gasteiger charge is 2.32. The Kier molecular flexibility index (Phi) is 2.66. The van der Waals surface area contributed by atoms with Gasteiger partial charge < -0.3 is 4.74 Å². The van der Waals surface area contributed by atoms with Crippen molar-refractivity contribution in [3.63, 3.8) is 0 Å². The Hall–Kier alpha value is -1.81. The lowest BCUT2D eigenvalue weighted by atomic mass is 10.1. The van der Waals surface area contributed by atoms with Crippen molar-refractivity contribution in [3.8, 4) is 0 Å². The number of ether oxygens (including phenoxy) is 1. The van der Waals surface area contributed by atoms with Gasteiger partial charge in [0.15, 0.2) is 5.76 Å². The fraction of sp³-hybridized carbons (Fsp3) is 0.0909. The lowest BCUT2D eigenvalue weighted by Gasteiger charge is -2.02. The lowest BCUT2D eigenvalue weighted by Crippen LogP contribution is -2.23. The lowest BCUT2D eigenvalue weighted by molar-refractivity contribution is -0.124. The van der Waals surface area contributed by atoms with Crippen LogP contribution in [0.15, 0.2) is 30.0 Å². The van der Waals surface area contributed by atoms with Crippen LogP contribution in [0, 0.1) is 0 Å². The molecular weight excluding hydrogens is 230 g/mol. The highest BCUT2D eigenvalue weighted by Crippen LogP contribution is 2.26. The molecule has 1 heterocycles. The van der Waals surface area contributed by atoms with Crippen molar-refractivity contribution < 1.29 is 14.3 Å². The van der Waals surface area contributed by atoms with Crippen LogP contribution in [0.1, 0.15) is 5.56 Å². The SMILES string of the molecule is COC1=C(c2cccc(Cl)c2)C(=O)NC1=O. The first-order valence-electron chi connectivity index (χ1n) is 4.53. The van der Waals surface area contributed by atoms with Gasteiger partial charge in [-0.25, -0.2) is 0 Å². The normalized spacial score (nSPS) is 15.4. The summed E-state index contributed by atoms with van der Waals surface area (Å²) in [5.41, 5.74) is 0.780. The Labute approximate surface area is 96.9 Å². The van der Waals surface area contributed by atoms with Crippen molar-refractivity contribution in [2.24, 2.45) is 0 Å². The number of carbonyl (C=O) groups is 2. The van der Waals surface area contributed by atoms with Crippen LogP contribution in [0.25, 0.3) is 5.57 Å². The maximum atomic E-state index is 11.6. The zero-order valence-electron chi connectivity index (χ0n) is 8.41. The van der Waals surface area contributed by atoms with E-state index in [1.54, 1.807) is 24.3 Å². The molecule has 1 aromatic rings. The first-order valence-corrected chi connectivity index (χ1v) is 4.91. The summed E-state index contributed by atoms with van der Waals surface area (Å²) >= 11 is 5.82. The largest absolute Gasteiger partial charge is 0.490 e. The highest BCUT2D eigenvalue weighted by molar-refractivity contribution is 6.36. The zero-order valence-corrected chi connectivity index (χ0v) is 9.17. The third kappa shape index (κ3) is 1.67.